The normalized spacial score (nSPS) is 27.2. The van der Waals surface area contributed by atoms with Gasteiger partial charge in [-0.1, -0.05) is 40.0 Å². The Kier molecular flexibility index (Phi) is 8.92. The van der Waals surface area contributed by atoms with Crippen LogP contribution in [0.15, 0.2) is 24.3 Å². The van der Waals surface area contributed by atoms with E-state index in [1.54, 1.807) is 4.90 Å². The molecule has 1 aliphatic carbocycles. The van der Waals surface area contributed by atoms with E-state index in [0.29, 0.717) is 18.0 Å². The minimum absolute atomic E-state index is 0.0173. The zero-order chi connectivity index (χ0) is 27.5. The summed E-state index contributed by atoms with van der Waals surface area (Å²) >= 11 is 0. The third-order valence-corrected chi connectivity index (χ3v) is 9.44. The molecule has 5 rings (SSSR count). The Labute approximate surface area is 233 Å². The van der Waals surface area contributed by atoms with E-state index in [1.165, 1.54) is 6.42 Å². The fourth-order valence-corrected chi connectivity index (χ4v) is 7.13. The molecule has 1 aromatic carbocycles. The molecule has 1 saturated carbocycles. The van der Waals surface area contributed by atoms with Gasteiger partial charge in [0.05, 0.1) is 6.10 Å². The van der Waals surface area contributed by atoms with Gasteiger partial charge in [-0.15, -0.1) is 0 Å². The van der Waals surface area contributed by atoms with E-state index in [2.05, 4.69) is 35.9 Å². The second-order valence-corrected chi connectivity index (χ2v) is 12.3. The Bertz CT molecular complexity index is 1010. The summed E-state index contributed by atoms with van der Waals surface area (Å²) in [4.78, 5) is 47.0. The number of carbonyl (C=O) groups is 3. The lowest BCUT2D eigenvalue weighted by molar-refractivity contribution is -0.139. The predicted molar refractivity (Wildman–Crippen MR) is 152 cm³/mol. The SMILES string of the molecule is CCCN1CCN(c2ccc(C(=O)N[C@H](C(=O)N3C[C@H](C(C)C)[C@H]4OCC(=O)[C@H]43)C3CCCCC3)cc2)CC1. The number of amides is 2. The maximum absolute atomic E-state index is 14.1. The van der Waals surface area contributed by atoms with Crippen LogP contribution in [0.3, 0.4) is 0 Å². The summed E-state index contributed by atoms with van der Waals surface area (Å²) in [5, 5.41) is 3.13. The van der Waals surface area contributed by atoms with Gasteiger partial charge in [-0.25, -0.2) is 0 Å². The van der Waals surface area contributed by atoms with E-state index in [1.807, 2.05) is 24.3 Å². The topological polar surface area (TPSA) is 82.2 Å². The molecule has 8 heteroatoms. The number of Topliss-reactive ketones (excluding diaryl/α,β-unsaturated/α-hetero) is 1. The van der Waals surface area contributed by atoms with Crippen LogP contribution in [0, 0.1) is 17.8 Å². The zero-order valence-corrected chi connectivity index (χ0v) is 23.9. The van der Waals surface area contributed by atoms with Gasteiger partial charge in [0.15, 0.2) is 5.78 Å². The van der Waals surface area contributed by atoms with Gasteiger partial charge in [0.25, 0.3) is 5.91 Å². The second-order valence-electron chi connectivity index (χ2n) is 12.3. The van der Waals surface area contributed by atoms with Crippen LogP contribution < -0.4 is 10.2 Å². The van der Waals surface area contributed by atoms with Gasteiger partial charge in [0, 0.05) is 49.9 Å². The molecule has 8 nitrogen and oxygen atoms in total. The maximum Gasteiger partial charge on any atom is 0.251 e. The standard InChI is InChI=1S/C31H46N4O4/c1-4-14-33-15-17-34(18-16-33)24-12-10-23(11-13-24)30(37)32-27(22-8-6-5-7-9-22)31(38)35-19-25(21(2)3)29-28(35)26(36)20-39-29/h10-13,21-22,25,27-29H,4-9,14-20H2,1-3H3,(H,32,37)/t25-,27+,28-,29-/m1/s1. The van der Waals surface area contributed by atoms with Crippen LogP contribution in [-0.2, 0) is 14.3 Å². The first-order valence-corrected chi connectivity index (χ1v) is 15.2. The number of carbonyl (C=O) groups excluding carboxylic acids is 3. The van der Waals surface area contributed by atoms with Crippen molar-refractivity contribution in [2.24, 2.45) is 17.8 Å². The number of nitrogens with one attached hydrogen (secondary N) is 1. The molecule has 0 radical (unpaired) electrons. The molecule has 3 saturated heterocycles. The number of rotatable bonds is 8. The van der Waals surface area contributed by atoms with Gasteiger partial charge in [-0.3, -0.25) is 19.3 Å². The van der Waals surface area contributed by atoms with Crippen LogP contribution in [0.25, 0.3) is 0 Å². The molecule has 1 aromatic rings. The van der Waals surface area contributed by atoms with Crippen molar-refractivity contribution >= 4 is 23.3 Å². The van der Waals surface area contributed by atoms with E-state index in [4.69, 9.17) is 4.74 Å². The zero-order valence-electron chi connectivity index (χ0n) is 23.9. The number of fused-ring (bicyclic) bond motifs is 1. The van der Waals surface area contributed by atoms with Gasteiger partial charge in [-0.2, -0.15) is 0 Å². The summed E-state index contributed by atoms with van der Waals surface area (Å²) in [6, 6.07) is 6.65. The summed E-state index contributed by atoms with van der Waals surface area (Å²) < 4.78 is 5.86. The lowest BCUT2D eigenvalue weighted by Gasteiger charge is -2.36. The third-order valence-electron chi connectivity index (χ3n) is 9.44. The molecule has 214 valence electrons. The number of ether oxygens (including phenoxy) is 1. The summed E-state index contributed by atoms with van der Waals surface area (Å²) in [5.41, 5.74) is 1.70. The highest BCUT2D eigenvalue weighted by molar-refractivity contribution is 5.99. The number of likely N-dealkylation sites (tertiary alicyclic amines) is 1. The molecule has 1 N–H and O–H groups in total. The Balaban J connectivity index is 1.29. The van der Waals surface area contributed by atoms with Crippen molar-refractivity contribution in [1.29, 1.82) is 0 Å². The van der Waals surface area contributed by atoms with Crippen molar-refractivity contribution in [3.63, 3.8) is 0 Å². The van der Waals surface area contributed by atoms with Crippen molar-refractivity contribution in [3.8, 4) is 0 Å². The largest absolute Gasteiger partial charge is 0.369 e. The van der Waals surface area contributed by atoms with Gasteiger partial charge in [-0.05, 0) is 61.9 Å². The molecular formula is C31H46N4O4. The lowest BCUT2D eigenvalue weighted by Crippen LogP contribution is -2.55. The molecule has 2 amide bonds. The highest BCUT2D eigenvalue weighted by atomic mass is 16.5. The molecule has 3 aliphatic heterocycles. The lowest BCUT2D eigenvalue weighted by atomic mass is 9.83. The van der Waals surface area contributed by atoms with E-state index >= 15 is 0 Å². The number of piperazine rings is 1. The van der Waals surface area contributed by atoms with Crippen LogP contribution >= 0.6 is 0 Å². The molecule has 0 unspecified atom stereocenters. The molecule has 4 fully saturated rings. The molecule has 4 aliphatic rings. The molecule has 3 heterocycles. The summed E-state index contributed by atoms with van der Waals surface area (Å²) in [6.45, 7) is 12.3. The molecular weight excluding hydrogens is 492 g/mol. The molecule has 0 spiro atoms. The van der Waals surface area contributed by atoms with Crippen LogP contribution in [0.1, 0.15) is 69.7 Å². The summed E-state index contributed by atoms with van der Waals surface area (Å²) in [5.74, 6) is 0.165. The van der Waals surface area contributed by atoms with Gasteiger partial charge >= 0.3 is 0 Å². The van der Waals surface area contributed by atoms with E-state index in [-0.39, 0.29) is 42.1 Å². The fourth-order valence-electron chi connectivity index (χ4n) is 7.13. The first-order valence-electron chi connectivity index (χ1n) is 15.2. The molecule has 0 bridgehead atoms. The molecule has 0 aromatic heterocycles. The number of benzene rings is 1. The summed E-state index contributed by atoms with van der Waals surface area (Å²) in [6.07, 6.45) is 6.06. The van der Waals surface area contributed by atoms with Crippen molar-refractivity contribution in [1.82, 2.24) is 15.1 Å². The quantitative estimate of drug-likeness (QED) is 0.547. The maximum atomic E-state index is 14.1. The Morgan fingerprint density at radius 3 is 2.36 bits per heavy atom. The number of nitrogens with zero attached hydrogens (tertiary/aromatic N) is 3. The minimum atomic E-state index is -0.621. The van der Waals surface area contributed by atoms with Gasteiger partial charge in [0.2, 0.25) is 5.91 Å². The second kappa shape index (κ2) is 12.4. The van der Waals surface area contributed by atoms with Crippen molar-refractivity contribution < 1.29 is 19.1 Å². The van der Waals surface area contributed by atoms with E-state index in [0.717, 1.165) is 70.5 Å². The predicted octanol–water partition coefficient (Wildman–Crippen LogP) is 3.35. The number of anilines is 1. The fraction of sp³-hybridized carbons (Fsp3) is 0.710. The first kappa shape index (κ1) is 28.1. The molecule has 39 heavy (non-hydrogen) atoms. The number of hydrogen-bond donors (Lipinski definition) is 1. The van der Waals surface area contributed by atoms with Crippen molar-refractivity contribution in [3.05, 3.63) is 29.8 Å². The minimum Gasteiger partial charge on any atom is -0.369 e. The average molecular weight is 539 g/mol. The van der Waals surface area contributed by atoms with Crippen LogP contribution in [-0.4, -0.2) is 91.5 Å². The van der Waals surface area contributed by atoms with Crippen LogP contribution in [0.2, 0.25) is 0 Å². The number of hydrogen-bond acceptors (Lipinski definition) is 6. The van der Waals surface area contributed by atoms with E-state index < -0.39 is 12.1 Å². The Morgan fingerprint density at radius 1 is 1.03 bits per heavy atom. The Hall–Kier alpha value is -2.45. The smallest absolute Gasteiger partial charge is 0.251 e. The van der Waals surface area contributed by atoms with Crippen molar-refractivity contribution in [2.45, 2.75) is 77.5 Å². The third kappa shape index (κ3) is 6.02. The molecule has 4 atom stereocenters. The highest BCUT2D eigenvalue weighted by Gasteiger charge is 2.54. The first-order chi connectivity index (χ1) is 18.9. The van der Waals surface area contributed by atoms with Crippen LogP contribution in [0.4, 0.5) is 5.69 Å². The van der Waals surface area contributed by atoms with Gasteiger partial charge < -0.3 is 19.9 Å². The highest BCUT2D eigenvalue weighted by Crippen LogP contribution is 2.37. The average Bonchev–Trinajstić information content (AvgIpc) is 3.53. The summed E-state index contributed by atoms with van der Waals surface area (Å²) in [7, 11) is 0. The monoisotopic (exact) mass is 538 g/mol. The Morgan fingerprint density at radius 2 is 1.72 bits per heavy atom. The van der Waals surface area contributed by atoms with Gasteiger partial charge in [0.1, 0.15) is 18.7 Å². The van der Waals surface area contributed by atoms with Crippen LogP contribution in [0.5, 0.6) is 0 Å². The van der Waals surface area contributed by atoms with E-state index in [9.17, 15) is 14.4 Å². The number of ketones is 1. The van der Waals surface area contributed by atoms with Crippen molar-refractivity contribution in [2.75, 3.05) is 50.8 Å².